The maximum atomic E-state index is 13.4. The number of carbonyl (C=O) groups excluding carboxylic acids is 1. The monoisotopic (exact) mass is 462 g/mol. The maximum Gasteiger partial charge on any atom is 0.331 e. The van der Waals surface area contributed by atoms with Crippen LogP contribution in [0.4, 0.5) is 0 Å². The summed E-state index contributed by atoms with van der Waals surface area (Å²) in [4.78, 5) is 40.3. The standard InChI is InChI=1S/C22H30N4O5S/c1-3-16-8-4-5-13-26(16)32(30,31)17-9-10-19-18(14-17)21(28)25(22(29)23(19)2)15-20(27)24-11-6-7-12-24/h9-10,14,16H,3-8,11-13,15H2,1-2H3/t16-/m1/s1. The Morgan fingerprint density at radius 2 is 1.75 bits per heavy atom. The molecule has 2 saturated heterocycles. The third-order valence-corrected chi connectivity index (χ3v) is 8.67. The van der Waals surface area contributed by atoms with Crippen LogP contribution in [0.5, 0.6) is 0 Å². The molecule has 1 aromatic heterocycles. The van der Waals surface area contributed by atoms with Gasteiger partial charge in [0.2, 0.25) is 15.9 Å². The number of sulfonamides is 1. The third-order valence-electron chi connectivity index (χ3n) is 6.73. The van der Waals surface area contributed by atoms with E-state index in [1.54, 1.807) is 4.90 Å². The van der Waals surface area contributed by atoms with Crippen LogP contribution in [-0.4, -0.2) is 58.3 Å². The van der Waals surface area contributed by atoms with Gasteiger partial charge in [-0.3, -0.25) is 18.7 Å². The number of carbonyl (C=O) groups is 1. The SMILES string of the molecule is CC[C@@H]1CCCCN1S(=O)(=O)c1ccc2c(c1)c(=O)n(CC(=O)N1CCCC1)c(=O)n2C. The molecule has 0 N–H and O–H groups in total. The van der Waals surface area contributed by atoms with Crippen molar-refractivity contribution in [1.82, 2.24) is 18.3 Å². The van der Waals surface area contributed by atoms with Gasteiger partial charge in [-0.15, -0.1) is 0 Å². The molecular formula is C22H30N4O5S. The summed E-state index contributed by atoms with van der Waals surface area (Å²) in [6, 6.07) is 4.25. The van der Waals surface area contributed by atoms with Gasteiger partial charge in [-0.2, -0.15) is 4.31 Å². The molecule has 1 amide bonds. The van der Waals surface area contributed by atoms with Crippen molar-refractivity contribution in [2.45, 2.75) is 62.9 Å². The Labute approximate surface area is 187 Å². The van der Waals surface area contributed by atoms with E-state index in [1.165, 1.54) is 34.1 Å². The topological polar surface area (TPSA) is 102 Å². The van der Waals surface area contributed by atoms with E-state index in [4.69, 9.17) is 0 Å². The van der Waals surface area contributed by atoms with E-state index in [0.717, 1.165) is 43.1 Å². The second-order valence-electron chi connectivity index (χ2n) is 8.67. The summed E-state index contributed by atoms with van der Waals surface area (Å²) in [5, 5.41) is 0.118. The number of hydrogen-bond acceptors (Lipinski definition) is 5. The van der Waals surface area contributed by atoms with E-state index in [1.807, 2.05) is 6.92 Å². The number of hydrogen-bond donors (Lipinski definition) is 0. The Balaban J connectivity index is 1.78. The molecule has 2 fully saturated rings. The summed E-state index contributed by atoms with van der Waals surface area (Å²) in [6.45, 7) is 3.34. The van der Waals surface area contributed by atoms with Crippen LogP contribution >= 0.6 is 0 Å². The summed E-state index contributed by atoms with van der Waals surface area (Å²) in [5.41, 5.74) is -0.888. The molecule has 0 saturated carbocycles. The van der Waals surface area contributed by atoms with E-state index in [-0.39, 0.29) is 28.8 Å². The van der Waals surface area contributed by atoms with Crippen molar-refractivity contribution >= 4 is 26.8 Å². The zero-order valence-electron chi connectivity index (χ0n) is 18.6. The Hall–Kier alpha value is -2.46. The number of benzene rings is 1. The average molecular weight is 463 g/mol. The molecule has 1 atom stereocenters. The van der Waals surface area contributed by atoms with Crippen molar-refractivity contribution in [1.29, 1.82) is 0 Å². The van der Waals surface area contributed by atoms with Crippen LogP contribution in [0.1, 0.15) is 45.4 Å². The fourth-order valence-corrected chi connectivity index (χ4v) is 6.62. The van der Waals surface area contributed by atoms with Crippen LogP contribution in [0, 0.1) is 0 Å². The lowest BCUT2D eigenvalue weighted by atomic mass is 10.0. The first-order valence-electron chi connectivity index (χ1n) is 11.3. The predicted molar refractivity (Wildman–Crippen MR) is 121 cm³/mol. The molecule has 2 aliphatic rings. The van der Waals surface area contributed by atoms with Gasteiger partial charge in [0.25, 0.3) is 5.56 Å². The van der Waals surface area contributed by atoms with Crippen molar-refractivity contribution in [3.8, 4) is 0 Å². The van der Waals surface area contributed by atoms with Crippen LogP contribution < -0.4 is 11.2 Å². The van der Waals surface area contributed by atoms with Crippen molar-refractivity contribution in [3.05, 3.63) is 39.0 Å². The zero-order chi connectivity index (χ0) is 23.0. The number of aromatic nitrogens is 2. The molecule has 2 aliphatic heterocycles. The Kier molecular flexibility index (Phi) is 6.26. The normalized spacial score (nSPS) is 20.2. The number of amides is 1. The van der Waals surface area contributed by atoms with Gasteiger partial charge < -0.3 is 4.90 Å². The highest BCUT2D eigenvalue weighted by Crippen LogP contribution is 2.28. The molecule has 0 unspecified atom stereocenters. The molecule has 32 heavy (non-hydrogen) atoms. The number of rotatable bonds is 5. The lowest BCUT2D eigenvalue weighted by Crippen LogP contribution is -2.44. The minimum atomic E-state index is -3.78. The molecule has 0 bridgehead atoms. The first kappa shape index (κ1) is 22.7. The van der Waals surface area contributed by atoms with E-state index in [2.05, 4.69) is 0 Å². The largest absolute Gasteiger partial charge is 0.341 e. The van der Waals surface area contributed by atoms with Gasteiger partial charge in [0.05, 0.1) is 15.8 Å². The molecule has 3 heterocycles. The Morgan fingerprint density at radius 3 is 2.44 bits per heavy atom. The van der Waals surface area contributed by atoms with Crippen LogP contribution in [0.2, 0.25) is 0 Å². The highest BCUT2D eigenvalue weighted by Gasteiger charge is 2.33. The highest BCUT2D eigenvalue weighted by molar-refractivity contribution is 7.89. The van der Waals surface area contributed by atoms with Gasteiger partial charge in [0.1, 0.15) is 6.54 Å². The summed E-state index contributed by atoms with van der Waals surface area (Å²) >= 11 is 0. The molecule has 0 spiro atoms. The highest BCUT2D eigenvalue weighted by atomic mass is 32.2. The van der Waals surface area contributed by atoms with Gasteiger partial charge in [-0.05, 0) is 50.3 Å². The lowest BCUT2D eigenvalue weighted by Gasteiger charge is -2.34. The van der Waals surface area contributed by atoms with Gasteiger partial charge in [-0.1, -0.05) is 13.3 Å². The predicted octanol–water partition coefficient (Wildman–Crippen LogP) is 1.28. The molecule has 2 aromatic rings. The zero-order valence-corrected chi connectivity index (χ0v) is 19.4. The smallest absolute Gasteiger partial charge is 0.331 e. The van der Waals surface area contributed by atoms with Crippen molar-refractivity contribution in [2.75, 3.05) is 19.6 Å². The third kappa shape index (κ3) is 3.90. The first-order valence-corrected chi connectivity index (χ1v) is 12.7. The van der Waals surface area contributed by atoms with Crippen LogP contribution in [0.3, 0.4) is 0 Å². The minimum absolute atomic E-state index is 0.0403. The van der Waals surface area contributed by atoms with Crippen LogP contribution in [0.25, 0.3) is 10.9 Å². The van der Waals surface area contributed by atoms with Gasteiger partial charge in [0, 0.05) is 32.7 Å². The molecule has 4 rings (SSSR count). The van der Waals surface area contributed by atoms with Crippen molar-refractivity contribution < 1.29 is 13.2 Å². The van der Waals surface area contributed by atoms with Gasteiger partial charge >= 0.3 is 5.69 Å². The molecule has 10 heteroatoms. The van der Waals surface area contributed by atoms with E-state index in [9.17, 15) is 22.8 Å². The summed E-state index contributed by atoms with van der Waals surface area (Å²) in [7, 11) is -2.26. The maximum absolute atomic E-state index is 13.4. The molecule has 9 nitrogen and oxygen atoms in total. The fraction of sp³-hybridized carbons (Fsp3) is 0.591. The number of nitrogens with zero attached hydrogens (tertiary/aromatic N) is 4. The van der Waals surface area contributed by atoms with Gasteiger partial charge in [0.15, 0.2) is 0 Å². The Bertz CT molecular complexity index is 1260. The molecule has 174 valence electrons. The van der Waals surface area contributed by atoms with Crippen molar-refractivity contribution in [2.24, 2.45) is 7.05 Å². The Morgan fingerprint density at radius 1 is 1.06 bits per heavy atom. The summed E-state index contributed by atoms with van der Waals surface area (Å²) in [6.07, 6.45) is 5.18. The summed E-state index contributed by atoms with van der Waals surface area (Å²) in [5.74, 6) is -0.274. The summed E-state index contributed by atoms with van der Waals surface area (Å²) < 4.78 is 30.5. The molecule has 1 aromatic carbocycles. The van der Waals surface area contributed by atoms with Gasteiger partial charge in [-0.25, -0.2) is 13.2 Å². The van der Waals surface area contributed by atoms with E-state index < -0.39 is 21.3 Å². The fourth-order valence-electron chi connectivity index (χ4n) is 4.83. The van der Waals surface area contributed by atoms with Crippen LogP contribution in [0.15, 0.2) is 32.7 Å². The van der Waals surface area contributed by atoms with E-state index in [0.29, 0.717) is 25.2 Å². The molecule has 0 radical (unpaired) electrons. The number of fused-ring (bicyclic) bond motifs is 1. The lowest BCUT2D eigenvalue weighted by molar-refractivity contribution is -0.130. The second-order valence-corrected chi connectivity index (χ2v) is 10.6. The number of aryl methyl sites for hydroxylation is 1. The number of piperidine rings is 1. The second kappa shape index (κ2) is 8.82. The minimum Gasteiger partial charge on any atom is -0.341 e. The molecule has 0 aliphatic carbocycles. The van der Waals surface area contributed by atoms with E-state index >= 15 is 0 Å². The van der Waals surface area contributed by atoms with Crippen molar-refractivity contribution in [3.63, 3.8) is 0 Å². The van der Waals surface area contributed by atoms with Crippen LogP contribution in [-0.2, 0) is 28.4 Å². The number of likely N-dealkylation sites (tertiary alicyclic amines) is 1. The average Bonchev–Trinajstić information content (AvgIpc) is 3.35. The quantitative estimate of drug-likeness (QED) is 0.666. The molecular weight excluding hydrogens is 432 g/mol. The first-order chi connectivity index (χ1) is 15.3.